The molecule has 1 aromatic carbocycles. The predicted molar refractivity (Wildman–Crippen MR) is 106 cm³/mol. The van der Waals surface area contributed by atoms with Crippen LogP contribution in [0.25, 0.3) is 5.69 Å². The molecule has 0 bridgehead atoms. The zero-order chi connectivity index (χ0) is 19.4. The highest BCUT2D eigenvalue weighted by Gasteiger charge is 2.28. The van der Waals surface area contributed by atoms with Gasteiger partial charge in [0.25, 0.3) is 0 Å². The molecule has 1 unspecified atom stereocenters. The first-order valence-electron chi connectivity index (χ1n) is 9.70. The van der Waals surface area contributed by atoms with Crippen molar-refractivity contribution >= 4 is 17.6 Å². The van der Waals surface area contributed by atoms with Crippen molar-refractivity contribution in [2.75, 3.05) is 18.4 Å². The summed E-state index contributed by atoms with van der Waals surface area (Å²) in [6.07, 6.45) is 3.06. The number of hydrogen-bond donors (Lipinski definition) is 1. The monoisotopic (exact) mass is 368 g/mol. The first-order valence-corrected chi connectivity index (χ1v) is 9.70. The number of benzene rings is 1. The zero-order valence-corrected chi connectivity index (χ0v) is 16.4. The molecule has 1 N–H and O–H groups in total. The molecule has 6 nitrogen and oxygen atoms in total. The summed E-state index contributed by atoms with van der Waals surface area (Å²) in [7, 11) is 0. The van der Waals surface area contributed by atoms with Crippen LogP contribution in [0.15, 0.2) is 30.3 Å². The van der Waals surface area contributed by atoms with E-state index >= 15 is 0 Å². The largest absolute Gasteiger partial charge is 0.342 e. The lowest BCUT2D eigenvalue weighted by Gasteiger charge is -2.32. The molecule has 2 amide bonds. The Hall–Kier alpha value is -2.63. The first-order chi connectivity index (χ1) is 13.0. The van der Waals surface area contributed by atoms with Gasteiger partial charge in [-0.3, -0.25) is 9.59 Å². The second-order valence-electron chi connectivity index (χ2n) is 7.34. The van der Waals surface area contributed by atoms with Crippen molar-refractivity contribution in [2.24, 2.45) is 5.92 Å². The molecule has 1 fully saturated rings. The first kappa shape index (κ1) is 19.1. The van der Waals surface area contributed by atoms with E-state index in [0.717, 1.165) is 37.2 Å². The number of hydrogen-bond acceptors (Lipinski definition) is 3. The third kappa shape index (κ3) is 4.56. The van der Waals surface area contributed by atoms with Crippen LogP contribution in [0.5, 0.6) is 0 Å². The number of nitrogens with zero attached hydrogens (tertiary/aromatic N) is 3. The SMILES string of the molecule is CCCC(=O)N1CCCC(C(=O)Nc2cc(C)n(-c3ccc(C)cc3)n2)C1. The fraction of sp³-hybridized carbons (Fsp3) is 0.476. The second-order valence-corrected chi connectivity index (χ2v) is 7.34. The number of carbonyl (C=O) groups is 2. The molecular weight excluding hydrogens is 340 g/mol. The molecule has 144 valence electrons. The van der Waals surface area contributed by atoms with Gasteiger partial charge in [0.15, 0.2) is 5.82 Å². The smallest absolute Gasteiger partial charge is 0.230 e. The minimum absolute atomic E-state index is 0.0578. The number of aromatic nitrogens is 2. The van der Waals surface area contributed by atoms with E-state index in [1.165, 1.54) is 5.56 Å². The molecule has 0 saturated carbocycles. The molecule has 0 radical (unpaired) electrons. The summed E-state index contributed by atoms with van der Waals surface area (Å²) in [4.78, 5) is 26.7. The summed E-state index contributed by atoms with van der Waals surface area (Å²) >= 11 is 0. The Kier molecular flexibility index (Phi) is 5.94. The fourth-order valence-electron chi connectivity index (χ4n) is 3.50. The lowest BCUT2D eigenvalue weighted by molar-refractivity contribution is -0.134. The topological polar surface area (TPSA) is 67.2 Å². The molecule has 3 rings (SSSR count). The lowest BCUT2D eigenvalue weighted by atomic mass is 9.97. The van der Waals surface area contributed by atoms with Crippen molar-refractivity contribution in [3.63, 3.8) is 0 Å². The van der Waals surface area contributed by atoms with E-state index in [1.54, 1.807) is 0 Å². The summed E-state index contributed by atoms with van der Waals surface area (Å²) in [6, 6.07) is 9.98. The standard InChI is InChI=1S/C21H28N4O2/c1-4-6-20(26)24-12-5-7-17(14-24)21(27)22-19-13-16(3)25(23-19)18-10-8-15(2)9-11-18/h8-11,13,17H,4-7,12,14H2,1-3H3,(H,22,23,27). The van der Waals surface area contributed by atoms with Crippen LogP contribution in [0.4, 0.5) is 5.82 Å². The maximum absolute atomic E-state index is 12.7. The maximum Gasteiger partial charge on any atom is 0.230 e. The average molecular weight is 368 g/mol. The number of likely N-dealkylation sites (tertiary alicyclic amines) is 1. The average Bonchev–Trinajstić information content (AvgIpc) is 3.02. The quantitative estimate of drug-likeness (QED) is 0.879. The third-order valence-corrected chi connectivity index (χ3v) is 5.03. The summed E-state index contributed by atoms with van der Waals surface area (Å²) < 4.78 is 1.83. The van der Waals surface area contributed by atoms with E-state index in [1.807, 2.05) is 60.7 Å². The van der Waals surface area contributed by atoms with Crippen molar-refractivity contribution in [2.45, 2.75) is 46.5 Å². The molecule has 6 heteroatoms. The minimum Gasteiger partial charge on any atom is -0.342 e. The number of piperidine rings is 1. The van der Waals surface area contributed by atoms with Gasteiger partial charge >= 0.3 is 0 Å². The Labute approximate surface area is 160 Å². The number of rotatable bonds is 5. The van der Waals surface area contributed by atoms with E-state index in [4.69, 9.17) is 0 Å². The van der Waals surface area contributed by atoms with Crippen molar-refractivity contribution in [1.29, 1.82) is 0 Å². The molecule has 1 atom stereocenters. The van der Waals surface area contributed by atoms with Gasteiger partial charge in [-0.1, -0.05) is 24.6 Å². The number of nitrogens with one attached hydrogen (secondary N) is 1. The number of carbonyl (C=O) groups excluding carboxylic acids is 2. The van der Waals surface area contributed by atoms with Gasteiger partial charge in [-0.05, 0) is 45.2 Å². The molecule has 2 aromatic rings. The molecule has 0 aliphatic carbocycles. The van der Waals surface area contributed by atoms with Crippen LogP contribution in [-0.2, 0) is 9.59 Å². The number of amides is 2. The van der Waals surface area contributed by atoms with Crippen molar-refractivity contribution in [3.05, 3.63) is 41.6 Å². The van der Waals surface area contributed by atoms with Gasteiger partial charge in [0.1, 0.15) is 0 Å². The van der Waals surface area contributed by atoms with Crippen LogP contribution in [0.3, 0.4) is 0 Å². The predicted octanol–water partition coefficient (Wildman–Crippen LogP) is 3.47. The lowest BCUT2D eigenvalue weighted by Crippen LogP contribution is -2.43. The van der Waals surface area contributed by atoms with E-state index in [-0.39, 0.29) is 17.7 Å². The van der Waals surface area contributed by atoms with Gasteiger partial charge in [-0.15, -0.1) is 5.10 Å². The van der Waals surface area contributed by atoms with Crippen LogP contribution in [0.1, 0.15) is 43.9 Å². The molecule has 1 aliphatic heterocycles. The number of anilines is 1. The Morgan fingerprint density at radius 3 is 2.67 bits per heavy atom. The van der Waals surface area contributed by atoms with Crippen LogP contribution in [0.2, 0.25) is 0 Å². The number of aryl methyl sites for hydroxylation is 2. The minimum atomic E-state index is -0.176. The van der Waals surface area contributed by atoms with Gasteiger partial charge in [0.05, 0.1) is 11.6 Å². The zero-order valence-electron chi connectivity index (χ0n) is 16.4. The normalized spacial score (nSPS) is 17.0. The molecule has 1 aliphatic rings. The highest BCUT2D eigenvalue weighted by Crippen LogP contribution is 2.21. The van der Waals surface area contributed by atoms with E-state index in [2.05, 4.69) is 10.4 Å². The Morgan fingerprint density at radius 2 is 1.96 bits per heavy atom. The van der Waals surface area contributed by atoms with E-state index < -0.39 is 0 Å². The summed E-state index contributed by atoms with van der Waals surface area (Å²) in [5.74, 6) is 0.464. The summed E-state index contributed by atoms with van der Waals surface area (Å²) in [5, 5.41) is 7.47. The maximum atomic E-state index is 12.7. The molecule has 27 heavy (non-hydrogen) atoms. The van der Waals surface area contributed by atoms with Crippen LogP contribution in [0, 0.1) is 19.8 Å². The highest BCUT2D eigenvalue weighted by atomic mass is 16.2. The van der Waals surface area contributed by atoms with Gasteiger partial charge in [-0.2, -0.15) is 0 Å². The van der Waals surface area contributed by atoms with Crippen LogP contribution in [-0.4, -0.2) is 39.6 Å². The highest BCUT2D eigenvalue weighted by molar-refractivity contribution is 5.92. The van der Waals surface area contributed by atoms with Crippen LogP contribution >= 0.6 is 0 Å². The second kappa shape index (κ2) is 8.37. The van der Waals surface area contributed by atoms with Crippen molar-refractivity contribution in [1.82, 2.24) is 14.7 Å². The molecule has 0 spiro atoms. The molecule has 2 heterocycles. The van der Waals surface area contributed by atoms with Gasteiger partial charge in [0.2, 0.25) is 11.8 Å². The van der Waals surface area contributed by atoms with Crippen molar-refractivity contribution < 1.29 is 9.59 Å². The molecular formula is C21H28N4O2. The Bertz CT molecular complexity index is 810. The Morgan fingerprint density at radius 1 is 1.22 bits per heavy atom. The summed E-state index contributed by atoms with van der Waals surface area (Å²) in [5.41, 5.74) is 3.11. The van der Waals surface area contributed by atoms with Gasteiger partial charge < -0.3 is 10.2 Å². The third-order valence-electron chi connectivity index (χ3n) is 5.03. The van der Waals surface area contributed by atoms with Crippen molar-refractivity contribution in [3.8, 4) is 5.69 Å². The van der Waals surface area contributed by atoms with Crippen LogP contribution < -0.4 is 5.32 Å². The summed E-state index contributed by atoms with van der Waals surface area (Å²) in [6.45, 7) is 7.27. The Balaban J connectivity index is 1.66. The molecule has 1 aromatic heterocycles. The van der Waals surface area contributed by atoms with Gasteiger partial charge in [0, 0.05) is 31.3 Å². The van der Waals surface area contributed by atoms with Gasteiger partial charge in [-0.25, -0.2) is 4.68 Å². The molecule has 1 saturated heterocycles. The van der Waals surface area contributed by atoms with E-state index in [9.17, 15) is 9.59 Å². The fourth-order valence-corrected chi connectivity index (χ4v) is 3.50. The van der Waals surface area contributed by atoms with E-state index in [0.29, 0.717) is 18.8 Å².